The van der Waals surface area contributed by atoms with E-state index in [1.165, 1.54) is 0 Å². The maximum absolute atomic E-state index is 11.8. The SMILES string of the molecule is CCNS(=O)(=O)c1ccc(NCCCCCOC)cc1. The second kappa shape index (κ2) is 8.94. The minimum absolute atomic E-state index is 0.296. The molecule has 0 spiro atoms. The van der Waals surface area contributed by atoms with Crippen molar-refractivity contribution in [1.82, 2.24) is 4.72 Å². The van der Waals surface area contributed by atoms with Crippen LogP contribution in [0, 0.1) is 0 Å². The molecule has 0 aromatic heterocycles. The molecule has 20 heavy (non-hydrogen) atoms. The van der Waals surface area contributed by atoms with E-state index < -0.39 is 10.0 Å². The van der Waals surface area contributed by atoms with Crippen LogP contribution in [0.1, 0.15) is 26.2 Å². The molecule has 0 saturated heterocycles. The number of nitrogens with one attached hydrogen (secondary N) is 2. The lowest BCUT2D eigenvalue weighted by molar-refractivity contribution is 0.192. The first-order valence-electron chi connectivity index (χ1n) is 6.92. The van der Waals surface area contributed by atoms with Crippen LogP contribution in [0.5, 0.6) is 0 Å². The van der Waals surface area contributed by atoms with Gasteiger partial charge in [-0.25, -0.2) is 13.1 Å². The van der Waals surface area contributed by atoms with Crippen LogP contribution in [-0.4, -0.2) is 35.2 Å². The Hall–Kier alpha value is -1.11. The standard InChI is InChI=1S/C14H24N2O3S/c1-3-16-20(17,18)14-9-7-13(8-10-14)15-11-5-4-6-12-19-2/h7-10,15-16H,3-6,11-12H2,1-2H3. The predicted molar refractivity (Wildman–Crippen MR) is 81.5 cm³/mol. The summed E-state index contributed by atoms with van der Waals surface area (Å²) in [5.41, 5.74) is 0.937. The van der Waals surface area contributed by atoms with Gasteiger partial charge in [-0.2, -0.15) is 0 Å². The summed E-state index contributed by atoms with van der Waals surface area (Å²) in [6, 6.07) is 6.81. The summed E-state index contributed by atoms with van der Waals surface area (Å²) in [7, 11) is -1.64. The maximum atomic E-state index is 11.8. The number of hydrogen-bond acceptors (Lipinski definition) is 4. The average molecular weight is 300 g/mol. The van der Waals surface area contributed by atoms with Gasteiger partial charge in [-0.15, -0.1) is 0 Å². The first-order valence-corrected chi connectivity index (χ1v) is 8.41. The van der Waals surface area contributed by atoms with Gasteiger partial charge < -0.3 is 10.1 Å². The topological polar surface area (TPSA) is 67.4 Å². The van der Waals surface area contributed by atoms with Crippen LogP contribution >= 0.6 is 0 Å². The molecule has 0 unspecified atom stereocenters. The molecule has 0 bridgehead atoms. The number of hydrogen-bond donors (Lipinski definition) is 2. The number of rotatable bonds is 10. The van der Waals surface area contributed by atoms with Crippen LogP contribution in [0.4, 0.5) is 5.69 Å². The van der Waals surface area contributed by atoms with E-state index in [2.05, 4.69) is 10.0 Å². The number of benzene rings is 1. The third kappa shape index (κ3) is 5.90. The van der Waals surface area contributed by atoms with Gasteiger partial charge in [-0.05, 0) is 43.5 Å². The van der Waals surface area contributed by atoms with E-state index in [1.54, 1.807) is 38.3 Å². The van der Waals surface area contributed by atoms with Crippen molar-refractivity contribution in [2.24, 2.45) is 0 Å². The Bertz CT molecular complexity index is 472. The second-order valence-electron chi connectivity index (χ2n) is 4.51. The zero-order chi connectivity index (χ0) is 14.8. The summed E-state index contributed by atoms with van der Waals surface area (Å²) in [6.45, 7) is 3.83. The van der Waals surface area contributed by atoms with E-state index >= 15 is 0 Å². The fraction of sp³-hybridized carbons (Fsp3) is 0.571. The molecule has 0 atom stereocenters. The molecule has 0 saturated carbocycles. The molecule has 0 amide bonds. The van der Waals surface area contributed by atoms with Crippen molar-refractivity contribution in [3.05, 3.63) is 24.3 Å². The Labute approximate surface area is 121 Å². The molecule has 1 rings (SSSR count). The largest absolute Gasteiger partial charge is 0.385 e. The molecular formula is C14H24N2O3S. The highest BCUT2D eigenvalue weighted by Crippen LogP contribution is 2.14. The Morgan fingerprint density at radius 2 is 1.80 bits per heavy atom. The highest BCUT2D eigenvalue weighted by atomic mass is 32.2. The summed E-state index contributed by atoms with van der Waals surface area (Å²) in [5, 5.41) is 3.28. The van der Waals surface area contributed by atoms with Crippen LogP contribution in [0.15, 0.2) is 29.2 Å². The fourth-order valence-corrected chi connectivity index (χ4v) is 2.85. The van der Waals surface area contributed by atoms with Crippen molar-refractivity contribution in [3.63, 3.8) is 0 Å². The third-order valence-corrected chi connectivity index (χ3v) is 4.41. The molecule has 0 aliphatic carbocycles. The van der Waals surface area contributed by atoms with E-state index in [1.807, 2.05) is 0 Å². The zero-order valence-corrected chi connectivity index (χ0v) is 13.0. The van der Waals surface area contributed by atoms with E-state index in [0.717, 1.165) is 38.1 Å². The van der Waals surface area contributed by atoms with E-state index in [-0.39, 0.29) is 0 Å². The Kier molecular flexibility index (Phi) is 7.58. The number of methoxy groups -OCH3 is 1. The van der Waals surface area contributed by atoms with Gasteiger partial charge in [0.1, 0.15) is 0 Å². The second-order valence-corrected chi connectivity index (χ2v) is 6.27. The highest BCUT2D eigenvalue weighted by Gasteiger charge is 2.11. The average Bonchev–Trinajstić information content (AvgIpc) is 2.43. The molecule has 0 aliphatic rings. The van der Waals surface area contributed by atoms with E-state index in [9.17, 15) is 8.42 Å². The van der Waals surface area contributed by atoms with Gasteiger partial charge in [0.05, 0.1) is 4.90 Å². The van der Waals surface area contributed by atoms with Crippen molar-refractivity contribution in [3.8, 4) is 0 Å². The lowest BCUT2D eigenvalue weighted by atomic mass is 10.2. The zero-order valence-electron chi connectivity index (χ0n) is 12.2. The maximum Gasteiger partial charge on any atom is 0.240 e. The molecule has 2 N–H and O–H groups in total. The summed E-state index contributed by atoms with van der Waals surface area (Å²) >= 11 is 0. The number of sulfonamides is 1. The van der Waals surface area contributed by atoms with Gasteiger partial charge in [-0.3, -0.25) is 0 Å². The van der Waals surface area contributed by atoms with Crippen molar-refractivity contribution in [2.45, 2.75) is 31.1 Å². The Morgan fingerprint density at radius 3 is 2.40 bits per heavy atom. The third-order valence-electron chi connectivity index (χ3n) is 2.85. The monoisotopic (exact) mass is 300 g/mol. The van der Waals surface area contributed by atoms with E-state index in [0.29, 0.717) is 11.4 Å². The number of unbranched alkanes of at least 4 members (excludes halogenated alkanes) is 2. The van der Waals surface area contributed by atoms with Crippen LogP contribution in [-0.2, 0) is 14.8 Å². The van der Waals surface area contributed by atoms with Crippen molar-refractivity contribution in [1.29, 1.82) is 0 Å². The van der Waals surface area contributed by atoms with Crippen LogP contribution in [0.25, 0.3) is 0 Å². The van der Waals surface area contributed by atoms with Crippen molar-refractivity contribution in [2.75, 3.05) is 32.1 Å². The van der Waals surface area contributed by atoms with Crippen LogP contribution in [0.3, 0.4) is 0 Å². The lowest BCUT2D eigenvalue weighted by Gasteiger charge is -2.08. The molecular weight excluding hydrogens is 276 g/mol. The Balaban J connectivity index is 2.39. The normalized spacial score (nSPS) is 11.5. The van der Waals surface area contributed by atoms with Gasteiger partial charge in [0, 0.05) is 32.5 Å². The summed E-state index contributed by atoms with van der Waals surface area (Å²) in [4.78, 5) is 0.296. The van der Waals surface area contributed by atoms with Gasteiger partial charge >= 0.3 is 0 Å². The molecule has 5 nitrogen and oxygen atoms in total. The first kappa shape index (κ1) is 16.9. The highest BCUT2D eigenvalue weighted by molar-refractivity contribution is 7.89. The smallest absolute Gasteiger partial charge is 0.240 e. The predicted octanol–water partition coefficient (Wildman–Crippen LogP) is 2.21. The van der Waals surface area contributed by atoms with Crippen LogP contribution < -0.4 is 10.0 Å². The molecule has 6 heteroatoms. The molecule has 0 heterocycles. The molecule has 0 fully saturated rings. The molecule has 0 radical (unpaired) electrons. The molecule has 0 aliphatic heterocycles. The van der Waals surface area contributed by atoms with Gasteiger partial charge in [0.2, 0.25) is 10.0 Å². The first-order chi connectivity index (χ1) is 9.60. The fourth-order valence-electron chi connectivity index (χ4n) is 1.81. The summed E-state index contributed by atoms with van der Waals surface area (Å²) in [5.74, 6) is 0. The summed E-state index contributed by atoms with van der Waals surface area (Å²) < 4.78 is 31.0. The van der Waals surface area contributed by atoms with Gasteiger partial charge in [0.25, 0.3) is 0 Å². The van der Waals surface area contributed by atoms with E-state index in [4.69, 9.17) is 4.74 Å². The Morgan fingerprint density at radius 1 is 1.10 bits per heavy atom. The quantitative estimate of drug-likeness (QED) is 0.650. The number of anilines is 1. The van der Waals surface area contributed by atoms with Crippen molar-refractivity contribution < 1.29 is 13.2 Å². The lowest BCUT2D eigenvalue weighted by Crippen LogP contribution is -2.23. The summed E-state index contributed by atoms with van der Waals surface area (Å²) in [6.07, 6.45) is 3.26. The number of ether oxygens (including phenoxy) is 1. The van der Waals surface area contributed by atoms with Crippen molar-refractivity contribution >= 4 is 15.7 Å². The van der Waals surface area contributed by atoms with Crippen LogP contribution in [0.2, 0.25) is 0 Å². The molecule has 1 aromatic rings. The molecule has 114 valence electrons. The minimum atomic E-state index is -3.35. The van der Waals surface area contributed by atoms with Gasteiger partial charge in [0.15, 0.2) is 0 Å². The van der Waals surface area contributed by atoms with Gasteiger partial charge in [-0.1, -0.05) is 6.92 Å². The molecule has 1 aromatic carbocycles. The minimum Gasteiger partial charge on any atom is -0.385 e.